The van der Waals surface area contributed by atoms with Crippen LogP contribution in [0.4, 0.5) is 0 Å². The van der Waals surface area contributed by atoms with E-state index in [9.17, 15) is 4.79 Å². The Morgan fingerprint density at radius 2 is 2.09 bits per heavy atom. The van der Waals surface area contributed by atoms with Crippen LogP contribution in [0.25, 0.3) is 0 Å². The first-order chi connectivity index (χ1) is 5.33. The van der Waals surface area contributed by atoms with Crippen molar-refractivity contribution in [2.24, 2.45) is 0 Å². The average molecular weight is 153 g/mol. The number of hydrogen-bond acceptors (Lipinski definition) is 1. The molecule has 0 atom stereocenters. The number of aryl methyl sites for hydroxylation is 1. The Hall–Kier alpha value is -1.05. The van der Waals surface area contributed by atoms with Crippen LogP contribution in [0.2, 0.25) is 0 Å². The van der Waals surface area contributed by atoms with E-state index in [4.69, 9.17) is 0 Å². The smallest absolute Gasteiger partial charge is 0.181 e. The number of hydrogen-bond donors (Lipinski definition) is 1. The number of nitrogens with one attached hydrogen (secondary N) is 1. The van der Waals surface area contributed by atoms with Gasteiger partial charge in [-0.25, -0.2) is 0 Å². The second-order valence-corrected chi connectivity index (χ2v) is 1.90. The molecule has 0 saturated heterocycles. The summed E-state index contributed by atoms with van der Waals surface area (Å²) >= 11 is 0. The summed E-state index contributed by atoms with van der Waals surface area (Å²) in [5, 5.41) is 0. The van der Waals surface area contributed by atoms with Gasteiger partial charge >= 0.3 is 0 Å². The van der Waals surface area contributed by atoms with E-state index in [1.807, 2.05) is 20.8 Å². The van der Waals surface area contributed by atoms with Gasteiger partial charge in [0.25, 0.3) is 0 Å². The predicted octanol–water partition coefficient (Wildman–Crippen LogP) is 1.96. The van der Waals surface area contributed by atoms with Gasteiger partial charge in [-0.05, 0) is 6.42 Å². The van der Waals surface area contributed by atoms with E-state index in [1.165, 1.54) is 6.07 Å². The molecule has 2 heteroatoms. The summed E-state index contributed by atoms with van der Waals surface area (Å²) in [4.78, 5) is 13.6. The molecule has 11 heavy (non-hydrogen) atoms. The quantitative estimate of drug-likeness (QED) is 0.657. The molecule has 1 aromatic heterocycles. The number of aromatic amines is 1. The fourth-order valence-corrected chi connectivity index (χ4v) is 0.696. The highest BCUT2D eigenvalue weighted by molar-refractivity contribution is 5.03. The van der Waals surface area contributed by atoms with Crippen molar-refractivity contribution in [3.05, 3.63) is 34.2 Å². The molecular weight excluding hydrogens is 138 g/mol. The molecular formula is C9H15NO. The van der Waals surface area contributed by atoms with E-state index in [2.05, 4.69) is 4.98 Å². The largest absolute Gasteiger partial charge is 0.365 e. The highest BCUT2D eigenvalue weighted by atomic mass is 16.1. The van der Waals surface area contributed by atoms with Gasteiger partial charge in [0, 0.05) is 24.0 Å². The summed E-state index contributed by atoms with van der Waals surface area (Å²) in [5.74, 6) is 0. The number of pyridine rings is 1. The molecule has 0 spiro atoms. The Balaban J connectivity index is 0.000000461. The molecule has 0 amide bonds. The molecule has 0 aliphatic heterocycles. The van der Waals surface area contributed by atoms with Crippen LogP contribution in [0.15, 0.2) is 23.1 Å². The zero-order valence-corrected chi connectivity index (χ0v) is 7.35. The topological polar surface area (TPSA) is 32.9 Å². The third-order valence-corrected chi connectivity index (χ3v) is 1.21. The maximum absolute atomic E-state index is 10.6. The van der Waals surface area contributed by atoms with Gasteiger partial charge in [-0.2, -0.15) is 0 Å². The third kappa shape index (κ3) is 3.61. The van der Waals surface area contributed by atoms with Gasteiger partial charge in [-0.3, -0.25) is 4.79 Å². The number of aromatic nitrogens is 1. The molecule has 1 rings (SSSR count). The molecule has 0 unspecified atom stereocenters. The molecule has 2 nitrogen and oxygen atoms in total. The van der Waals surface area contributed by atoms with E-state index in [1.54, 1.807) is 12.3 Å². The molecule has 0 aliphatic rings. The van der Waals surface area contributed by atoms with Gasteiger partial charge in [0.1, 0.15) is 0 Å². The minimum atomic E-state index is 0.0746. The fourth-order valence-electron chi connectivity index (χ4n) is 0.696. The van der Waals surface area contributed by atoms with Crippen LogP contribution >= 0.6 is 0 Å². The van der Waals surface area contributed by atoms with E-state index < -0.39 is 0 Å². The van der Waals surface area contributed by atoms with E-state index >= 15 is 0 Å². The lowest BCUT2D eigenvalue weighted by Crippen LogP contribution is -1.99. The normalized spacial score (nSPS) is 8.27. The van der Waals surface area contributed by atoms with Crippen molar-refractivity contribution in [1.82, 2.24) is 4.98 Å². The molecule has 0 radical (unpaired) electrons. The summed E-state index contributed by atoms with van der Waals surface area (Å²) < 4.78 is 0. The molecule has 0 saturated carbocycles. The van der Waals surface area contributed by atoms with Crippen LogP contribution in [-0.4, -0.2) is 4.98 Å². The lowest BCUT2D eigenvalue weighted by atomic mass is 10.3. The summed E-state index contributed by atoms with van der Waals surface area (Å²) in [6.45, 7) is 6.01. The Morgan fingerprint density at radius 1 is 1.45 bits per heavy atom. The van der Waals surface area contributed by atoms with Crippen LogP contribution in [-0.2, 0) is 6.42 Å². The van der Waals surface area contributed by atoms with Crippen LogP contribution < -0.4 is 5.43 Å². The Labute approximate surface area is 67.3 Å². The van der Waals surface area contributed by atoms with Crippen LogP contribution in [0.3, 0.4) is 0 Å². The minimum Gasteiger partial charge on any atom is -0.365 e. The lowest BCUT2D eigenvalue weighted by Gasteiger charge is -1.91. The van der Waals surface area contributed by atoms with Gasteiger partial charge < -0.3 is 4.98 Å². The van der Waals surface area contributed by atoms with Crippen LogP contribution in [0.5, 0.6) is 0 Å². The average Bonchev–Trinajstić information content (AvgIpc) is 2.08. The first-order valence-corrected chi connectivity index (χ1v) is 4.00. The van der Waals surface area contributed by atoms with Gasteiger partial charge in [0.05, 0.1) is 0 Å². The summed E-state index contributed by atoms with van der Waals surface area (Å²) in [6, 6.07) is 3.12. The van der Waals surface area contributed by atoms with Crippen LogP contribution in [0.1, 0.15) is 26.5 Å². The predicted molar refractivity (Wildman–Crippen MR) is 47.8 cm³/mol. The van der Waals surface area contributed by atoms with Gasteiger partial charge in [0.2, 0.25) is 0 Å². The Kier molecular flexibility index (Phi) is 5.17. The molecule has 62 valence electrons. The second-order valence-electron chi connectivity index (χ2n) is 1.90. The minimum absolute atomic E-state index is 0.0746. The first-order valence-electron chi connectivity index (χ1n) is 4.00. The van der Waals surface area contributed by atoms with E-state index in [0.717, 1.165) is 12.1 Å². The Morgan fingerprint density at radius 3 is 2.45 bits per heavy atom. The summed E-state index contributed by atoms with van der Waals surface area (Å²) in [7, 11) is 0. The van der Waals surface area contributed by atoms with Crippen molar-refractivity contribution >= 4 is 0 Å². The fraction of sp³-hybridized carbons (Fsp3) is 0.444. The van der Waals surface area contributed by atoms with Crippen molar-refractivity contribution in [2.45, 2.75) is 27.2 Å². The zero-order valence-electron chi connectivity index (χ0n) is 7.35. The molecule has 1 N–H and O–H groups in total. The standard InChI is InChI=1S/C7H9NO.C2H6/c1-2-6-5-7(9)3-4-8-6;1-2/h3-5H,2H2,1H3,(H,8,9);1-2H3. The molecule has 0 fully saturated rings. The van der Waals surface area contributed by atoms with E-state index in [0.29, 0.717) is 0 Å². The van der Waals surface area contributed by atoms with Crippen molar-refractivity contribution in [3.8, 4) is 0 Å². The van der Waals surface area contributed by atoms with Crippen LogP contribution in [0, 0.1) is 0 Å². The maximum atomic E-state index is 10.6. The third-order valence-electron chi connectivity index (χ3n) is 1.21. The highest BCUT2D eigenvalue weighted by Gasteiger charge is 1.85. The maximum Gasteiger partial charge on any atom is 0.181 e. The van der Waals surface area contributed by atoms with Gasteiger partial charge in [0.15, 0.2) is 5.43 Å². The van der Waals surface area contributed by atoms with Crippen molar-refractivity contribution in [3.63, 3.8) is 0 Å². The molecule has 1 heterocycles. The van der Waals surface area contributed by atoms with Crippen molar-refractivity contribution in [1.29, 1.82) is 0 Å². The number of rotatable bonds is 1. The molecule has 0 bridgehead atoms. The lowest BCUT2D eigenvalue weighted by molar-refractivity contribution is 1.03. The summed E-state index contributed by atoms with van der Waals surface area (Å²) in [5.41, 5.74) is 1.06. The van der Waals surface area contributed by atoms with Gasteiger partial charge in [-0.1, -0.05) is 20.8 Å². The van der Waals surface area contributed by atoms with E-state index in [-0.39, 0.29) is 5.43 Å². The highest BCUT2D eigenvalue weighted by Crippen LogP contribution is 1.86. The molecule has 0 aliphatic carbocycles. The van der Waals surface area contributed by atoms with Crippen molar-refractivity contribution < 1.29 is 0 Å². The summed E-state index contributed by atoms with van der Waals surface area (Å²) in [6.07, 6.45) is 2.55. The molecule has 0 aromatic carbocycles. The van der Waals surface area contributed by atoms with Gasteiger partial charge in [-0.15, -0.1) is 0 Å². The number of H-pyrrole nitrogens is 1. The molecule has 1 aromatic rings. The first kappa shape index (κ1) is 9.95. The Bertz CT molecular complexity index is 239. The SMILES string of the molecule is CC.CCc1cc(=O)cc[nH]1. The second kappa shape index (κ2) is 5.71. The zero-order chi connectivity index (χ0) is 8.69. The van der Waals surface area contributed by atoms with Crippen molar-refractivity contribution in [2.75, 3.05) is 0 Å². The monoisotopic (exact) mass is 153 g/mol.